The van der Waals surface area contributed by atoms with Gasteiger partial charge in [-0.05, 0) is 37.8 Å². The monoisotopic (exact) mass is 382 g/mol. The van der Waals surface area contributed by atoms with Gasteiger partial charge in [-0.2, -0.15) is 0 Å². The first kappa shape index (κ1) is 21.2. The van der Waals surface area contributed by atoms with Crippen LogP contribution in [0.15, 0.2) is 48.6 Å². The summed E-state index contributed by atoms with van der Waals surface area (Å²) in [6.45, 7) is 7.68. The molecule has 148 valence electrons. The average Bonchev–Trinajstić information content (AvgIpc) is 2.67. The molecule has 5 heteroatoms. The molecular formula is C23H26O5. The Morgan fingerprint density at radius 1 is 1.14 bits per heavy atom. The maximum Gasteiger partial charge on any atom is 0.342 e. The highest BCUT2D eigenvalue weighted by molar-refractivity contribution is 6.01. The fraction of sp³-hybridized carbons (Fsp3) is 0.304. The number of carbonyl (C=O) groups is 2. The standard InChI is InChI=1S/C23H26O5/c1-5-28-23(26)22-18(13-19(24)16-9-7-6-8-10-16)17(12-11-15(2)3)21(27-4)14-20(22)25/h6-10,14,25H,2,5,11-13H2,1,3-4H3. The zero-order valence-electron chi connectivity index (χ0n) is 16.6. The molecule has 0 spiro atoms. The Balaban J connectivity index is 2.61. The number of phenols is 1. The summed E-state index contributed by atoms with van der Waals surface area (Å²) in [7, 11) is 1.49. The molecule has 0 aliphatic carbocycles. The lowest BCUT2D eigenvalue weighted by Gasteiger charge is -2.19. The van der Waals surface area contributed by atoms with Crippen LogP contribution in [-0.2, 0) is 17.6 Å². The van der Waals surface area contributed by atoms with Crippen molar-refractivity contribution in [3.63, 3.8) is 0 Å². The van der Waals surface area contributed by atoms with E-state index in [4.69, 9.17) is 9.47 Å². The number of ketones is 1. The number of hydrogen-bond donors (Lipinski definition) is 1. The van der Waals surface area contributed by atoms with Crippen molar-refractivity contribution in [2.24, 2.45) is 0 Å². The van der Waals surface area contributed by atoms with Crippen LogP contribution in [0.2, 0.25) is 0 Å². The van der Waals surface area contributed by atoms with Gasteiger partial charge in [0.2, 0.25) is 0 Å². The lowest BCUT2D eigenvalue weighted by atomic mass is 9.90. The van der Waals surface area contributed by atoms with Crippen molar-refractivity contribution in [2.45, 2.75) is 33.1 Å². The zero-order valence-corrected chi connectivity index (χ0v) is 16.6. The normalized spacial score (nSPS) is 10.4. The number of benzene rings is 2. The Morgan fingerprint density at radius 2 is 1.82 bits per heavy atom. The van der Waals surface area contributed by atoms with E-state index in [1.54, 1.807) is 31.2 Å². The Morgan fingerprint density at radius 3 is 2.39 bits per heavy atom. The SMILES string of the molecule is C=C(C)CCc1c(OC)cc(O)c(C(=O)OCC)c1CC(=O)c1ccccc1. The third kappa shape index (κ3) is 5.00. The number of phenolic OH excluding ortho intramolecular Hbond substituents is 1. The number of hydrogen-bond acceptors (Lipinski definition) is 5. The maximum absolute atomic E-state index is 12.9. The molecule has 0 aromatic heterocycles. The summed E-state index contributed by atoms with van der Waals surface area (Å²) in [6.07, 6.45) is 1.15. The number of carbonyl (C=O) groups excluding carboxylic acids is 2. The summed E-state index contributed by atoms with van der Waals surface area (Å²) in [5.74, 6) is -0.640. The van der Waals surface area contributed by atoms with Gasteiger partial charge < -0.3 is 14.6 Å². The van der Waals surface area contributed by atoms with Gasteiger partial charge in [0.05, 0.1) is 13.7 Å². The second-order valence-corrected chi connectivity index (χ2v) is 6.57. The molecule has 28 heavy (non-hydrogen) atoms. The highest BCUT2D eigenvalue weighted by Gasteiger charge is 2.26. The quantitative estimate of drug-likeness (QED) is 0.392. The molecule has 0 saturated carbocycles. The molecule has 0 aliphatic rings. The molecule has 0 unspecified atom stereocenters. The molecule has 2 aromatic rings. The van der Waals surface area contributed by atoms with Crippen molar-refractivity contribution in [1.82, 2.24) is 0 Å². The first-order valence-corrected chi connectivity index (χ1v) is 9.20. The largest absolute Gasteiger partial charge is 0.507 e. The number of esters is 1. The summed E-state index contributed by atoms with van der Waals surface area (Å²) >= 11 is 0. The van der Waals surface area contributed by atoms with Gasteiger partial charge in [0.15, 0.2) is 5.78 Å². The van der Waals surface area contributed by atoms with Crippen LogP contribution < -0.4 is 4.74 Å². The van der Waals surface area contributed by atoms with Crippen LogP contribution in [0.3, 0.4) is 0 Å². The van der Waals surface area contributed by atoms with Crippen LogP contribution in [-0.4, -0.2) is 30.6 Å². The number of rotatable bonds is 9. The van der Waals surface area contributed by atoms with E-state index >= 15 is 0 Å². The van der Waals surface area contributed by atoms with Crippen LogP contribution in [0, 0.1) is 0 Å². The van der Waals surface area contributed by atoms with Crippen molar-refractivity contribution in [3.05, 3.63) is 70.8 Å². The molecule has 0 saturated heterocycles. The summed E-state index contributed by atoms with van der Waals surface area (Å²) in [6, 6.07) is 10.2. The van der Waals surface area contributed by atoms with Gasteiger partial charge in [0, 0.05) is 18.1 Å². The predicted octanol–water partition coefficient (Wildman–Crippen LogP) is 4.51. The molecule has 0 heterocycles. The van der Waals surface area contributed by atoms with E-state index in [1.165, 1.54) is 13.2 Å². The minimum Gasteiger partial charge on any atom is -0.507 e. The fourth-order valence-electron chi connectivity index (χ4n) is 3.05. The lowest BCUT2D eigenvalue weighted by molar-refractivity contribution is 0.0521. The van der Waals surface area contributed by atoms with Gasteiger partial charge in [-0.3, -0.25) is 4.79 Å². The fourth-order valence-corrected chi connectivity index (χ4v) is 3.05. The summed E-state index contributed by atoms with van der Waals surface area (Å²) in [5, 5.41) is 10.5. The van der Waals surface area contributed by atoms with Crippen LogP contribution >= 0.6 is 0 Å². The predicted molar refractivity (Wildman–Crippen MR) is 108 cm³/mol. The molecule has 0 fully saturated rings. The van der Waals surface area contributed by atoms with Crippen molar-refractivity contribution >= 4 is 11.8 Å². The molecule has 0 atom stereocenters. The Labute approximate surface area is 165 Å². The molecular weight excluding hydrogens is 356 g/mol. The molecule has 1 N–H and O–H groups in total. The Kier molecular flexibility index (Phi) is 7.38. The topological polar surface area (TPSA) is 72.8 Å². The van der Waals surface area contributed by atoms with E-state index in [0.29, 0.717) is 35.3 Å². The number of allylic oxidation sites excluding steroid dienone is 1. The smallest absolute Gasteiger partial charge is 0.342 e. The maximum atomic E-state index is 12.9. The first-order chi connectivity index (χ1) is 13.4. The van der Waals surface area contributed by atoms with Crippen molar-refractivity contribution in [1.29, 1.82) is 0 Å². The van der Waals surface area contributed by atoms with E-state index < -0.39 is 5.97 Å². The molecule has 2 aromatic carbocycles. The first-order valence-electron chi connectivity index (χ1n) is 9.20. The average molecular weight is 382 g/mol. The number of aromatic hydroxyl groups is 1. The third-order valence-electron chi connectivity index (χ3n) is 4.42. The van der Waals surface area contributed by atoms with E-state index in [1.807, 2.05) is 13.0 Å². The third-order valence-corrected chi connectivity index (χ3v) is 4.42. The van der Waals surface area contributed by atoms with Gasteiger partial charge in [-0.15, -0.1) is 6.58 Å². The number of methoxy groups -OCH3 is 1. The van der Waals surface area contributed by atoms with E-state index in [-0.39, 0.29) is 30.1 Å². The van der Waals surface area contributed by atoms with Gasteiger partial charge in [0.25, 0.3) is 0 Å². The van der Waals surface area contributed by atoms with Crippen LogP contribution in [0.4, 0.5) is 0 Å². The van der Waals surface area contributed by atoms with Crippen molar-refractivity contribution < 1.29 is 24.2 Å². The van der Waals surface area contributed by atoms with Gasteiger partial charge in [0.1, 0.15) is 17.1 Å². The van der Waals surface area contributed by atoms with Gasteiger partial charge in [-0.1, -0.05) is 35.9 Å². The minimum absolute atomic E-state index is 0.0173. The van der Waals surface area contributed by atoms with E-state index in [9.17, 15) is 14.7 Å². The van der Waals surface area contributed by atoms with Crippen LogP contribution in [0.25, 0.3) is 0 Å². The van der Waals surface area contributed by atoms with Crippen molar-refractivity contribution in [2.75, 3.05) is 13.7 Å². The Bertz CT molecular complexity index is 868. The highest BCUT2D eigenvalue weighted by Crippen LogP contribution is 2.36. The zero-order chi connectivity index (χ0) is 20.7. The molecule has 0 radical (unpaired) electrons. The summed E-state index contributed by atoms with van der Waals surface area (Å²) in [5.41, 5.74) is 2.66. The lowest BCUT2D eigenvalue weighted by Crippen LogP contribution is -2.15. The van der Waals surface area contributed by atoms with Crippen LogP contribution in [0.5, 0.6) is 11.5 Å². The van der Waals surface area contributed by atoms with Gasteiger partial charge in [-0.25, -0.2) is 4.79 Å². The number of Topliss-reactive ketones (excluding diaryl/α,β-unsaturated/α-hetero) is 1. The van der Waals surface area contributed by atoms with Crippen molar-refractivity contribution in [3.8, 4) is 11.5 Å². The molecule has 2 rings (SSSR count). The molecule has 0 aliphatic heterocycles. The molecule has 0 amide bonds. The van der Waals surface area contributed by atoms with E-state index in [0.717, 1.165) is 5.57 Å². The summed E-state index contributed by atoms with van der Waals surface area (Å²) < 4.78 is 10.6. The second kappa shape index (κ2) is 9.74. The minimum atomic E-state index is -0.657. The molecule has 5 nitrogen and oxygen atoms in total. The Hall–Kier alpha value is -3.08. The second-order valence-electron chi connectivity index (χ2n) is 6.57. The summed E-state index contributed by atoms with van der Waals surface area (Å²) in [4.78, 5) is 25.4. The highest BCUT2D eigenvalue weighted by atomic mass is 16.5. The molecule has 0 bridgehead atoms. The van der Waals surface area contributed by atoms with Crippen LogP contribution in [0.1, 0.15) is 52.1 Å². The number of ether oxygens (including phenoxy) is 2. The van der Waals surface area contributed by atoms with E-state index in [2.05, 4.69) is 6.58 Å². The van der Waals surface area contributed by atoms with Gasteiger partial charge >= 0.3 is 5.97 Å².